The van der Waals surface area contributed by atoms with Gasteiger partial charge in [0, 0.05) is 27.7 Å². The van der Waals surface area contributed by atoms with E-state index in [4.69, 9.17) is 0 Å². The van der Waals surface area contributed by atoms with E-state index in [9.17, 15) is 4.79 Å². The molecule has 0 spiro atoms. The Morgan fingerprint density at radius 3 is 2.81 bits per heavy atom. The third-order valence-corrected chi connectivity index (χ3v) is 7.41. The minimum atomic E-state index is 0.0735. The molecule has 1 saturated heterocycles. The van der Waals surface area contributed by atoms with Crippen LogP contribution in [0, 0.1) is 0 Å². The Balaban J connectivity index is 1.49. The molecule has 136 valence electrons. The zero-order chi connectivity index (χ0) is 18.4. The van der Waals surface area contributed by atoms with E-state index < -0.39 is 0 Å². The van der Waals surface area contributed by atoms with Crippen molar-refractivity contribution in [3.05, 3.63) is 71.8 Å². The van der Waals surface area contributed by atoms with Gasteiger partial charge in [0.2, 0.25) is 5.91 Å². The summed E-state index contributed by atoms with van der Waals surface area (Å²) in [4.78, 5) is 14.4. The number of hydrogen-bond donors (Lipinski definition) is 1. The molecule has 3 aromatic rings. The van der Waals surface area contributed by atoms with E-state index in [0.29, 0.717) is 6.42 Å². The molecule has 1 aliphatic carbocycles. The van der Waals surface area contributed by atoms with E-state index >= 15 is 0 Å². The lowest BCUT2D eigenvalue weighted by molar-refractivity contribution is -0.125. The molecule has 1 aliphatic heterocycles. The van der Waals surface area contributed by atoms with Crippen LogP contribution in [-0.2, 0) is 16.6 Å². The molecule has 0 bridgehead atoms. The summed E-state index contributed by atoms with van der Waals surface area (Å²) >= 11 is 1.85. The molecule has 2 atom stereocenters. The summed E-state index contributed by atoms with van der Waals surface area (Å²) in [5.41, 5.74) is 2.96. The number of nitrogens with one attached hydrogen (secondary N) is 1. The Labute approximate surface area is 164 Å². The highest BCUT2D eigenvalue weighted by Crippen LogP contribution is 2.44. The zero-order valence-corrected chi connectivity index (χ0v) is 16.3. The van der Waals surface area contributed by atoms with Gasteiger partial charge >= 0.3 is 0 Å². The second-order valence-electron chi connectivity index (χ2n) is 7.97. The minimum absolute atomic E-state index is 0.0735. The number of carbonyl (C=O) groups is 1. The molecule has 2 nitrogen and oxygen atoms in total. The molecule has 1 N–H and O–H groups in total. The number of fused-ring (bicyclic) bond motifs is 4. The molecule has 3 aromatic carbocycles. The monoisotopic (exact) mass is 373 g/mol. The molecule has 0 aromatic heterocycles. The third-order valence-electron chi connectivity index (χ3n) is 6.35. The van der Waals surface area contributed by atoms with Crippen molar-refractivity contribution in [2.45, 2.75) is 53.9 Å². The van der Waals surface area contributed by atoms with Crippen LogP contribution < -0.4 is 5.32 Å². The molecule has 1 amide bonds. The van der Waals surface area contributed by atoms with Crippen molar-refractivity contribution in [2.24, 2.45) is 0 Å². The average Bonchev–Trinajstić information content (AvgIpc) is 2.69. The second-order valence-corrected chi connectivity index (χ2v) is 9.09. The van der Waals surface area contributed by atoms with Crippen molar-refractivity contribution < 1.29 is 4.79 Å². The van der Waals surface area contributed by atoms with Crippen molar-refractivity contribution in [1.29, 1.82) is 0 Å². The maximum Gasteiger partial charge on any atom is 0.220 e. The molecule has 1 fully saturated rings. The van der Waals surface area contributed by atoms with Crippen LogP contribution in [0.4, 0.5) is 0 Å². The Hall–Kier alpha value is -2.26. The number of benzene rings is 3. The van der Waals surface area contributed by atoms with Gasteiger partial charge in [-0.3, -0.25) is 4.79 Å². The molecule has 0 radical (unpaired) electrons. The third kappa shape index (κ3) is 2.85. The van der Waals surface area contributed by atoms with Gasteiger partial charge < -0.3 is 5.32 Å². The highest BCUT2D eigenvalue weighted by atomic mass is 32.2. The highest BCUT2D eigenvalue weighted by Gasteiger charge is 2.43. The Kier molecular flexibility index (Phi) is 4.01. The van der Waals surface area contributed by atoms with Crippen LogP contribution in [0.15, 0.2) is 70.5 Å². The first-order chi connectivity index (χ1) is 13.1. The molecule has 0 saturated carbocycles. The van der Waals surface area contributed by atoms with E-state index in [1.165, 1.54) is 31.7 Å². The normalized spacial score (nSPS) is 24.2. The molecule has 3 heteroatoms. The summed E-state index contributed by atoms with van der Waals surface area (Å²) in [6.07, 6.45) is 3.67. The molecule has 2 aliphatic rings. The topological polar surface area (TPSA) is 29.1 Å². The van der Waals surface area contributed by atoms with Gasteiger partial charge in [0.1, 0.15) is 0 Å². The standard InChI is InChI=1S/C24H23NOS/c1-24-14-13-23(26)25-22(24)12-9-17-15-18(10-11-20(17)24)27-21-8-4-6-16-5-2-3-7-19(16)21/h2-8,10-11,15,22H,9,12-14H2,1H3,(H,25,26)/t22?,24-/m1/s1. The summed E-state index contributed by atoms with van der Waals surface area (Å²) in [5.74, 6) is 0.212. The first kappa shape index (κ1) is 16.9. The average molecular weight is 374 g/mol. The van der Waals surface area contributed by atoms with Crippen molar-refractivity contribution in [3.8, 4) is 0 Å². The van der Waals surface area contributed by atoms with Crippen LogP contribution in [0.5, 0.6) is 0 Å². The molecule has 5 rings (SSSR count). The smallest absolute Gasteiger partial charge is 0.220 e. The van der Waals surface area contributed by atoms with Crippen molar-refractivity contribution >= 4 is 28.4 Å². The fourth-order valence-corrected chi connectivity index (χ4v) is 5.83. The lowest BCUT2D eigenvalue weighted by Crippen LogP contribution is -2.55. The number of amides is 1. The van der Waals surface area contributed by atoms with Gasteiger partial charge in [-0.15, -0.1) is 0 Å². The zero-order valence-electron chi connectivity index (χ0n) is 15.5. The van der Waals surface area contributed by atoms with Gasteiger partial charge in [0.05, 0.1) is 0 Å². The van der Waals surface area contributed by atoms with E-state index in [-0.39, 0.29) is 17.4 Å². The lowest BCUT2D eigenvalue weighted by atomic mass is 9.64. The van der Waals surface area contributed by atoms with Crippen LogP contribution in [-0.4, -0.2) is 11.9 Å². The Morgan fingerprint density at radius 2 is 1.89 bits per heavy atom. The highest BCUT2D eigenvalue weighted by molar-refractivity contribution is 7.99. The van der Waals surface area contributed by atoms with Gasteiger partial charge in [-0.2, -0.15) is 0 Å². The molecule has 1 unspecified atom stereocenters. The number of hydrogen-bond acceptors (Lipinski definition) is 2. The summed E-state index contributed by atoms with van der Waals surface area (Å²) < 4.78 is 0. The predicted molar refractivity (Wildman–Crippen MR) is 111 cm³/mol. The first-order valence-electron chi connectivity index (χ1n) is 9.72. The van der Waals surface area contributed by atoms with Crippen molar-refractivity contribution in [3.63, 3.8) is 0 Å². The number of aryl methyl sites for hydroxylation is 1. The summed E-state index contributed by atoms with van der Waals surface area (Å²) in [6, 6.07) is 22.3. The Bertz CT molecular complexity index is 1040. The largest absolute Gasteiger partial charge is 0.352 e. The maximum absolute atomic E-state index is 11.8. The van der Waals surface area contributed by atoms with Crippen LogP contribution in [0.3, 0.4) is 0 Å². The van der Waals surface area contributed by atoms with Crippen LogP contribution in [0.1, 0.15) is 37.3 Å². The van der Waals surface area contributed by atoms with Crippen LogP contribution in [0.25, 0.3) is 10.8 Å². The quantitative estimate of drug-likeness (QED) is 0.645. The van der Waals surface area contributed by atoms with Gasteiger partial charge in [0.25, 0.3) is 0 Å². The van der Waals surface area contributed by atoms with Crippen molar-refractivity contribution in [2.75, 3.05) is 0 Å². The predicted octanol–water partition coefficient (Wildman–Crippen LogP) is 5.47. The summed E-state index contributed by atoms with van der Waals surface area (Å²) in [7, 11) is 0. The van der Waals surface area contributed by atoms with Crippen molar-refractivity contribution in [1.82, 2.24) is 5.32 Å². The van der Waals surface area contributed by atoms with Crippen LogP contribution >= 0.6 is 11.8 Å². The van der Waals surface area contributed by atoms with Gasteiger partial charge in [-0.05, 0) is 59.4 Å². The number of carbonyl (C=O) groups excluding carboxylic acids is 1. The Morgan fingerprint density at radius 1 is 1.04 bits per heavy atom. The maximum atomic E-state index is 11.8. The van der Waals surface area contributed by atoms with Crippen LogP contribution in [0.2, 0.25) is 0 Å². The lowest BCUT2D eigenvalue weighted by Gasteiger charge is -2.46. The fourth-order valence-electron chi connectivity index (χ4n) is 4.80. The van der Waals surface area contributed by atoms with Gasteiger partial charge in [-0.25, -0.2) is 0 Å². The molecule has 27 heavy (non-hydrogen) atoms. The molecular weight excluding hydrogens is 350 g/mol. The van der Waals surface area contributed by atoms with Gasteiger partial charge in [0.15, 0.2) is 0 Å². The van der Waals surface area contributed by atoms with E-state index in [2.05, 4.69) is 72.9 Å². The SMILES string of the molecule is C[C@]12CCC(=O)NC1CCc1cc(Sc3cccc4ccccc34)ccc12. The number of rotatable bonds is 2. The van der Waals surface area contributed by atoms with E-state index in [1.54, 1.807) is 0 Å². The van der Waals surface area contributed by atoms with E-state index in [0.717, 1.165) is 19.3 Å². The summed E-state index contributed by atoms with van der Waals surface area (Å²) in [5, 5.41) is 5.83. The van der Waals surface area contributed by atoms with Gasteiger partial charge in [-0.1, -0.05) is 61.2 Å². The van der Waals surface area contributed by atoms with E-state index in [1.807, 2.05) is 11.8 Å². The second kappa shape index (κ2) is 6.42. The molecular formula is C24H23NOS. The molecule has 1 heterocycles. The summed E-state index contributed by atoms with van der Waals surface area (Å²) in [6.45, 7) is 2.33. The first-order valence-corrected chi connectivity index (χ1v) is 10.5. The fraction of sp³-hybridized carbons (Fsp3) is 0.292. The number of piperidine rings is 1. The minimum Gasteiger partial charge on any atom is -0.352 e.